The van der Waals surface area contributed by atoms with Crippen LogP contribution < -0.4 is 0 Å². The van der Waals surface area contributed by atoms with E-state index >= 15 is 0 Å². The van der Waals surface area contributed by atoms with E-state index in [9.17, 15) is 0 Å². The lowest BCUT2D eigenvalue weighted by Crippen LogP contribution is -2.22. The van der Waals surface area contributed by atoms with Crippen LogP contribution in [0.5, 0.6) is 0 Å². The first kappa shape index (κ1) is 13.8. The molecule has 1 heterocycles. The SMILES string of the molecule is CN(Cc1ccc(Cl)cc1)Cn1ncn(C2CC2)c1=S. The van der Waals surface area contributed by atoms with Gasteiger partial charge in [0.25, 0.3) is 0 Å². The molecule has 0 atom stereocenters. The molecule has 1 aromatic heterocycles. The average Bonchev–Trinajstić information content (AvgIpc) is 3.19. The topological polar surface area (TPSA) is 26.0 Å². The van der Waals surface area contributed by atoms with Crippen molar-refractivity contribution in [1.82, 2.24) is 19.2 Å². The van der Waals surface area contributed by atoms with Crippen LogP contribution in [0.4, 0.5) is 0 Å². The Morgan fingerprint density at radius 3 is 2.70 bits per heavy atom. The minimum atomic E-state index is 0.581. The predicted molar refractivity (Wildman–Crippen MR) is 82.2 cm³/mol. The molecule has 2 aromatic rings. The fourth-order valence-corrected chi connectivity index (χ4v) is 2.66. The van der Waals surface area contributed by atoms with Gasteiger partial charge in [0.05, 0.1) is 6.67 Å². The molecule has 0 bridgehead atoms. The maximum atomic E-state index is 5.89. The number of rotatable bonds is 5. The van der Waals surface area contributed by atoms with Gasteiger partial charge in [-0.1, -0.05) is 23.7 Å². The Balaban J connectivity index is 1.65. The van der Waals surface area contributed by atoms with Crippen molar-refractivity contribution >= 4 is 23.8 Å². The molecule has 0 saturated heterocycles. The molecule has 0 unspecified atom stereocenters. The standard InChI is InChI=1S/C14H17ClN4S/c1-17(8-11-2-4-12(15)5-3-11)10-19-14(20)18(9-16-19)13-6-7-13/h2-5,9,13H,6-8,10H2,1H3. The average molecular weight is 309 g/mol. The third-order valence-electron chi connectivity index (χ3n) is 3.44. The highest BCUT2D eigenvalue weighted by molar-refractivity contribution is 7.71. The first-order valence-corrected chi connectivity index (χ1v) is 7.49. The van der Waals surface area contributed by atoms with Crippen LogP contribution in [0.1, 0.15) is 24.4 Å². The van der Waals surface area contributed by atoms with Gasteiger partial charge in [0, 0.05) is 17.6 Å². The molecule has 0 N–H and O–H groups in total. The Kier molecular flexibility index (Phi) is 3.92. The van der Waals surface area contributed by atoms with Gasteiger partial charge < -0.3 is 4.57 Å². The lowest BCUT2D eigenvalue weighted by molar-refractivity contribution is 0.243. The zero-order valence-electron chi connectivity index (χ0n) is 11.4. The van der Waals surface area contributed by atoms with E-state index in [1.165, 1.54) is 18.4 Å². The summed E-state index contributed by atoms with van der Waals surface area (Å²) >= 11 is 11.4. The number of hydrogen-bond donors (Lipinski definition) is 0. The Morgan fingerprint density at radius 2 is 2.05 bits per heavy atom. The number of aromatic nitrogens is 3. The molecule has 106 valence electrons. The maximum absolute atomic E-state index is 5.89. The van der Waals surface area contributed by atoms with E-state index in [0.29, 0.717) is 12.7 Å². The number of halogens is 1. The van der Waals surface area contributed by atoms with E-state index in [-0.39, 0.29) is 0 Å². The molecule has 20 heavy (non-hydrogen) atoms. The zero-order chi connectivity index (χ0) is 14.1. The molecule has 3 rings (SSSR count). The Morgan fingerprint density at radius 1 is 1.35 bits per heavy atom. The summed E-state index contributed by atoms with van der Waals surface area (Å²) in [5.41, 5.74) is 1.23. The van der Waals surface area contributed by atoms with E-state index in [2.05, 4.69) is 21.6 Å². The normalized spacial score (nSPS) is 14.9. The van der Waals surface area contributed by atoms with Crippen molar-refractivity contribution < 1.29 is 0 Å². The third kappa shape index (κ3) is 3.11. The quantitative estimate of drug-likeness (QED) is 0.791. The monoisotopic (exact) mass is 308 g/mol. The summed E-state index contributed by atoms with van der Waals surface area (Å²) in [5, 5.41) is 5.15. The summed E-state index contributed by atoms with van der Waals surface area (Å²) in [5.74, 6) is 0. The summed E-state index contributed by atoms with van der Waals surface area (Å²) < 4.78 is 4.80. The largest absolute Gasteiger partial charge is 0.303 e. The van der Waals surface area contributed by atoms with Crippen LogP contribution in [0.2, 0.25) is 5.02 Å². The second-order valence-corrected chi connectivity index (χ2v) is 6.14. The van der Waals surface area contributed by atoms with Crippen LogP contribution in [0.15, 0.2) is 30.6 Å². The van der Waals surface area contributed by atoms with Crippen molar-refractivity contribution in [2.45, 2.75) is 32.1 Å². The van der Waals surface area contributed by atoms with E-state index in [1.54, 1.807) is 0 Å². The van der Waals surface area contributed by atoms with Crippen LogP contribution >= 0.6 is 23.8 Å². The Hall–Kier alpha value is -1.17. The minimum absolute atomic E-state index is 0.581. The van der Waals surface area contributed by atoms with Crippen LogP contribution in [0.25, 0.3) is 0 Å². The fourth-order valence-electron chi connectivity index (χ4n) is 2.23. The van der Waals surface area contributed by atoms with E-state index in [4.69, 9.17) is 23.8 Å². The lowest BCUT2D eigenvalue weighted by Gasteiger charge is -2.16. The molecule has 1 aromatic carbocycles. The van der Waals surface area contributed by atoms with Crippen molar-refractivity contribution in [2.24, 2.45) is 0 Å². The van der Waals surface area contributed by atoms with Gasteiger partial charge in [0.15, 0.2) is 4.77 Å². The van der Waals surface area contributed by atoms with Gasteiger partial charge in [-0.25, -0.2) is 4.68 Å². The molecule has 0 spiro atoms. The minimum Gasteiger partial charge on any atom is -0.303 e. The van der Waals surface area contributed by atoms with Crippen molar-refractivity contribution in [1.29, 1.82) is 0 Å². The summed E-state index contributed by atoms with van der Waals surface area (Å²) in [7, 11) is 2.06. The van der Waals surface area contributed by atoms with Crippen molar-refractivity contribution in [2.75, 3.05) is 7.05 Å². The first-order valence-electron chi connectivity index (χ1n) is 6.70. The molecule has 4 nitrogen and oxygen atoms in total. The van der Waals surface area contributed by atoms with E-state index < -0.39 is 0 Å². The fraction of sp³-hybridized carbons (Fsp3) is 0.429. The predicted octanol–water partition coefficient (Wildman–Crippen LogP) is 3.49. The highest BCUT2D eigenvalue weighted by atomic mass is 35.5. The zero-order valence-corrected chi connectivity index (χ0v) is 12.9. The molecular weight excluding hydrogens is 292 g/mol. The second kappa shape index (κ2) is 5.68. The van der Waals surface area contributed by atoms with Crippen LogP contribution in [-0.4, -0.2) is 26.3 Å². The van der Waals surface area contributed by atoms with Gasteiger partial charge in [0.2, 0.25) is 0 Å². The number of hydrogen-bond acceptors (Lipinski definition) is 3. The van der Waals surface area contributed by atoms with Crippen molar-refractivity contribution in [3.8, 4) is 0 Å². The molecule has 6 heteroatoms. The first-order chi connectivity index (χ1) is 9.63. The molecule has 0 amide bonds. The third-order valence-corrected chi connectivity index (χ3v) is 4.11. The van der Waals surface area contributed by atoms with Gasteiger partial charge in [-0.05, 0) is 49.8 Å². The van der Waals surface area contributed by atoms with Crippen LogP contribution in [0, 0.1) is 4.77 Å². The molecule has 1 aliphatic carbocycles. The highest BCUT2D eigenvalue weighted by Crippen LogP contribution is 2.34. The lowest BCUT2D eigenvalue weighted by atomic mass is 10.2. The summed E-state index contributed by atoms with van der Waals surface area (Å²) in [6.45, 7) is 1.54. The van der Waals surface area contributed by atoms with E-state index in [1.807, 2.05) is 35.3 Å². The number of benzene rings is 1. The maximum Gasteiger partial charge on any atom is 0.199 e. The smallest absolute Gasteiger partial charge is 0.199 e. The van der Waals surface area contributed by atoms with Crippen LogP contribution in [-0.2, 0) is 13.2 Å². The van der Waals surface area contributed by atoms with Gasteiger partial charge in [-0.15, -0.1) is 0 Å². The Bertz CT molecular complexity index is 642. The summed E-state index contributed by atoms with van der Waals surface area (Å²) in [4.78, 5) is 2.18. The Labute approximate surface area is 128 Å². The van der Waals surface area contributed by atoms with Crippen LogP contribution in [0.3, 0.4) is 0 Å². The van der Waals surface area contributed by atoms with Crippen molar-refractivity contribution in [3.63, 3.8) is 0 Å². The summed E-state index contributed by atoms with van der Waals surface area (Å²) in [6, 6.07) is 8.50. The van der Waals surface area contributed by atoms with Gasteiger partial charge in [0.1, 0.15) is 6.33 Å². The molecule has 0 aliphatic heterocycles. The molecule has 0 radical (unpaired) electrons. The number of nitrogens with zero attached hydrogens (tertiary/aromatic N) is 4. The van der Waals surface area contributed by atoms with E-state index in [0.717, 1.165) is 16.3 Å². The van der Waals surface area contributed by atoms with Gasteiger partial charge in [-0.2, -0.15) is 5.10 Å². The molecule has 1 aliphatic rings. The summed E-state index contributed by atoms with van der Waals surface area (Å²) in [6.07, 6.45) is 4.30. The van der Waals surface area contributed by atoms with Gasteiger partial charge >= 0.3 is 0 Å². The van der Waals surface area contributed by atoms with Gasteiger partial charge in [-0.3, -0.25) is 4.90 Å². The second-order valence-electron chi connectivity index (χ2n) is 5.33. The molecular formula is C14H17ClN4S. The highest BCUT2D eigenvalue weighted by Gasteiger charge is 2.25. The van der Waals surface area contributed by atoms with Crippen molar-refractivity contribution in [3.05, 3.63) is 45.9 Å². The molecule has 1 fully saturated rings. The molecule has 1 saturated carbocycles.